The van der Waals surface area contributed by atoms with E-state index in [1.54, 1.807) is 16.7 Å². The third-order valence-electron chi connectivity index (χ3n) is 4.98. The van der Waals surface area contributed by atoms with Gasteiger partial charge in [-0.3, -0.25) is 9.59 Å². The van der Waals surface area contributed by atoms with Gasteiger partial charge in [0.25, 0.3) is 0 Å². The fourth-order valence-corrected chi connectivity index (χ4v) is 4.16. The molecular formula is C25H34N2O2S. The first kappa shape index (κ1) is 24.0. The molecule has 0 saturated carbocycles. The molecule has 2 rings (SSSR count). The van der Waals surface area contributed by atoms with Gasteiger partial charge in [-0.25, -0.2) is 0 Å². The first-order valence-corrected chi connectivity index (χ1v) is 12.0. The van der Waals surface area contributed by atoms with E-state index in [4.69, 9.17) is 0 Å². The minimum atomic E-state index is -0.436. The quantitative estimate of drug-likeness (QED) is 0.457. The van der Waals surface area contributed by atoms with E-state index in [1.807, 2.05) is 55.5 Å². The number of thioether (sulfide) groups is 1. The lowest BCUT2D eigenvalue weighted by Crippen LogP contribution is -2.49. The molecular weight excluding hydrogens is 392 g/mol. The highest BCUT2D eigenvalue weighted by atomic mass is 32.2. The molecule has 1 atom stereocenters. The van der Waals surface area contributed by atoms with Crippen LogP contribution < -0.4 is 5.32 Å². The number of benzene rings is 2. The van der Waals surface area contributed by atoms with Crippen LogP contribution >= 0.6 is 11.8 Å². The Morgan fingerprint density at radius 3 is 2.20 bits per heavy atom. The van der Waals surface area contributed by atoms with E-state index >= 15 is 0 Å². The number of carbonyl (C=O) groups excluding carboxylic acids is 2. The van der Waals surface area contributed by atoms with Crippen LogP contribution in [0.15, 0.2) is 60.7 Å². The molecule has 0 fully saturated rings. The zero-order valence-electron chi connectivity index (χ0n) is 18.2. The molecule has 30 heavy (non-hydrogen) atoms. The molecule has 0 bridgehead atoms. The molecule has 2 aromatic carbocycles. The molecule has 1 N–H and O–H groups in total. The summed E-state index contributed by atoms with van der Waals surface area (Å²) in [7, 11) is 0. The summed E-state index contributed by atoms with van der Waals surface area (Å²) in [5.41, 5.74) is 2.31. The van der Waals surface area contributed by atoms with Crippen molar-refractivity contribution >= 4 is 23.6 Å². The zero-order valence-corrected chi connectivity index (χ0v) is 19.0. The predicted molar refractivity (Wildman–Crippen MR) is 126 cm³/mol. The number of rotatable bonds is 13. The Balaban J connectivity index is 1.99. The highest BCUT2D eigenvalue weighted by Gasteiger charge is 2.28. The maximum absolute atomic E-state index is 13.1. The SMILES string of the molecule is CCCCNC(=O)[C@H](CC)N(Cc1ccccc1)C(=O)CCSCc1ccccc1. The monoisotopic (exact) mass is 426 g/mol. The lowest BCUT2D eigenvalue weighted by atomic mass is 10.1. The number of hydrogen-bond donors (Lipinski definition) is 1. The Kier molecular flexibility index (Phi) is 11.1. The second-order valence-corrected chi connectivity index (χ2v) is 8.47. The van der Waals surface area contributed by atoms with E-state index in [9.17, 15) is 9.59 Å². The molecule has 0 aromatic heterocycles. The van der Waals surface area contributed by atoms with Gasteiger partial charge < -0.3 is 10.2 Å². The summed E-state index contributed by atoms with van der Waals surface area (Å²) in [5.74, 6) is 1.62. The second-order valence-electron chi connectivity index (χ2n) is 7.36. The van der Waals surface area contributed by atoms with Gasteiger partial charge in [-0.2, -0.15) is 11.8 Å². The van der Waals surface area contributed by atoms with Crippen LogP contribution in [-0.2, 0) is 21.9 Å². The lowest BCUT2D eigenvalue weighted by Gasteiger charge is -2.30. The van der Waals surface area contributed by atoms with Gasteiger partial charge in [-0.05, 0) is 24.0 Å². The lowest BCUT2D eigenvalue weighted by molar-refractivity contribution is -0.141. The smallest absolute Gasteiger partial charge is 0.242 e. The van der Waals surface area contributed by atoms with Crippen molar-refractivity contribution in [3.8, 4) is 0 Å². The first-order valence-electron chi connectivity index (χ1n) is 10.9. The van der Waals surface area contributed by atoms with Crippen molar-refractivity contribution < 1.29 is 9.59 Å². The van der Waals surface area contributed by atoms with E-state index in [0.717, 1.165) is 29.9 Å². The van der Waals surface area contributed by atoms with Crippen LogP contribution in [-0.4, -0.2) is 35.1 Å². The molecule has 162 valence electrons. The summed E-state index contributed by atoms with van der Waals surface area (Å²) in [5, 5.41) is 3.01. The van der Waals surface area contributed by atoms with Crippen LogP contribution in [0.3, 0.4) is 0 Å². The Bertz CT molecular complexity index is 752. The van der Waals surface area contributed by atoms with Crippen LogP contribution in [0.1, 0.15) is 50.7 Å². The van der Waals surface area contributed by atoms with Crippen molar-refractivity contribution in [1.29, 1.82) is 0 Å². The molecule has 0 spiro atoms. The Hall–Kier alpha value is -2.27. The summed E-state index contributed by atoms with van der Waals surface area (Å²) in [6.07, 6.45) is 3.02. The van der Waals surface area contributed by atoms with Gasteiger partial charge in [-0.1, -0.05) is 80.9 Å². The minimum Gasteiger partial charge on any atom is -0.354 e. The van der Waals surface area contributed by atoms with Crippen molar-refractivity contribution in [3.05, 3.63) is 71.8 Å². The van der Waals surface area contributed by atoms with Crippen molar-refractivity contribution in [2.75, 3.05) is 12.3 Å². The van der Waals surface area contributed by atoms with E-state index < -0.39 is 6.04 Å². The van der Waals surface area contributed by atoms with E-state index in [2.05, 4.69) is 24.4 Å². The number of hydrogen-bond acceptors (Lipinski definition) is 3. The molecule has 0 aliphatic rings. The molecule has 4 nitrogen and oxygen atoms in total. The first-order chi connectivity index (χ1) is 14.7. The second kappa shape index (κ2) is 13.9. The third kappa shape index (κ3) is 8.23. The zero-order chi connectivity index (χ0) is 21.6. The van der Waals surface area contributed by atoms with E-state index in [-0.39, 0.29) is 11.8 Å². The maximum Gasteiger partial charge on any atom is 0.242 e. The fraction of sp³-hybridized carbons (Fsp3) is 0.440. The summed E-state index contributed by atoms with van der Waals surface area (Å²) < 4.78 is 0. The number of unbranched alkanes of at least 4 members (excludes halogenated alkanes) is 1. The fourth-order valence-electron chi connectivity index (χ4n) is 3.27. The average Bonchev–Trinajstić information content (AvgIpc) is 2.78. The van der Waals surface area contributed by atoms with Crippen LogP contribution in [0.25, 0.3) is 0 Å². The van der Waals surface area contributed by atoms with Gasteiger partial charge in [0, 0.05) is 31.0 Å². The van der Waals surface area contributed by atoms with Crippen LogP contribution in [0.5, 0.6) is 0 Å². The molecule has 5 heteroatoms. The minimum absolute atomic E-state index is 0.0388. The van der Waals surface area contributed by atoms with Crippen molar-refractivity contribution in [3.63, 3.8) is 0 Å². The van der Waals surface area contributed by atoms with Gasteiger partial charge in [0.15, 0.2) is 0 Å². The van der Waals surface area contributed by atoms with Crippen molar-refractivity contribution in [2.24, 2.45) is 0 Å². The van der Waals surface area contributed by atoms with Gasteiger partial charge >= 0.3 is 0 Å². The van der Waals surface area contributed by atoms with Crippen molar-refractivity contribution in [1.82, 2.24) is 10.2 Å². The highest BCUT2D eigenvalue weighted by Crippen LogP contribution is 2.17. The third-order valence-corrected chi connectivity index (χ3v) is 6.01. The number of carbonyl (C=O) groups is 2. The topological polar surface area (TPSA) is 49.4 Å². The Morgan fingerprint density at radius 2 is 1.60 bits per heavy atom. The Morgan fingerprint density at radius 1 is 0.967 bits per heavy atom. The highest BCUT2D eigenvalue weighted by molar-refractivity contribution is 7.98. The molecule has 0 aliphatic heterocycles. The standard InChI is InChI=1S/C25H34N2O2S/c1-3-5-17-26-25(29)23(4-2)27(19-21-12-8-6-9-13-21)24(28)16-18-30-20-22-14-10-7-11-15-22/h6-15,23H,3-5,16-20H2,1-2H3,(H,26,29)/t23-/m0/s1. The largest absolute Gasteiger partial charge is 0.354 e. The molecule has 0 heterocycles. The molecule has 2 aromatic rings. The summed E-state index contributed by atoms with van der Waals surface area (Å²) in [4.78, 5) is 27.7. The molecule has 0 saturated heterocycles. The van der Waals surface area contributed by atoms with Gasteiger partial charge in [0.1, 0.15) is 6.04 Å². The van der Waals surface area contributed by atoms with Crippen LogP contribution in [0, 0.1) is 0 Å². The van der Waals surface area contributed by atoms with Gasteiger partial charge in [0.2, 0.25) is 11.8 Å². The van der Waals surface area contributed by atoms with Crippen LogP contribution in [0.4, 0.5) is 0 Å². The summed E-state index contributed by atoms with van der Waals surface area (Å²) in [6.45, 7) is 5.19. The normalized spacial score (nSPS) is 11.7. The number of nitrogens with zero attached hydrogens (tertiary/aromatic N) is 1. The predicted octanol–water partition coefficient (Wildman–Crippen LogP) is 5.03. The van der Waals surface area contributed by atoms with Gasteiger partial charge in [-0.15, -0.1) is 0 Å². The maximum atomic E-state index is 13.1. The molecule has 0 radical (unpaired) electrons. The van der Waals surface area contributed by atoms with Gasteiger partial charge in [0.05, 0.1) is 0 Å². The average molecular weight is 427 g/mol. The number of nitrogens with one attached hydrogen (secondary N) is 1. The molecule has 0 aliphatic carbocycles. The molecule has 0 unspecified atom stereocenters. The van der Waals surface area contributed by atoms with E-state index in [1.165, 1.54) is 5.56 Å². The van der Waals surface area contributed by atoms with E-state index in [0.29, 0.717) is 25.9 Å². The summed E-state index contributed by atoms with van der Waals surface area (Å²) in [6, 6.07) is 19.8. The Labute approximate surface area is 185 Å². The molecule has 2 amide bonds. The summed E-state index contributed by atoms with van der Waals surface area (Å²) >= 11 is 1.75. The number of amides is 2. The van der Waals surface area contributed by atoms with Crippen molar-refractivity contribution in [2.45, 2.75) is 57.9 Å². The van der Waals surface area contributed by atoms with Crippen LogP contribution in [0.2, 0.25) is 0 Å².